The molecule has 0 radical (unpaired) electrons. The summed E-state index contributed by atoms with van der Waals surface area (Å²) in [7, 11) is 0. The van der Waals surface area contributed by atoms with Gasteiger partial charge < -0.3 is 10.4 Å². The number of aliphatic hydroxyl groups is 1. The molecule has 2 aromatic rings. The van der Waals surface area contributed by atoms with E-state index >= 15 is 0 Å². The van der Waals surface area contributed by atoms with Gasteiger partial charge in [0.1, 0.15) is 17.1 Å². The number of hydrogen-bond acceptors (Lipinski definition) is 3. The van der Waals surface area contributed by atoms with Crippen molar-refractivity contribution in [1.29, 1.82) is 0 Å². The third-order valence-electron chi connectivity index (χ3n) is 2.96. The smallest absolute Gasteiger partial charge is 0.269 e. The number of carbonyl (C=O) groups excluding carboxylic acids is 1. The summed E-state index contributed by atoms with van der Waals surface area (Å²) in [6.07, 6.45) is 1.52. The Labute approximate surface area is 116 Å². The van der Waals surface area contributed by atoms with Gasteiger partial charge in [-0.05, 0) is 36.8 Å². The first-order valence-electron chi connectivity index (χ1n) is 6.17. The Balaban J connectivity index is 2.02. The number of rotatable bonds is 4. The van der Waals surface area contributed by atoms with Crippen LogP contribution in [0.15, 0.2) is 48.7 Å². The molecule has 1 aromatic heterocycles. The van der Waals surface area contributed by atoms with Crippen LogP contribution < -0.4 is 5.32 Å². The van der Waals surface area contributed by atoms with Crippen LogP contribution >= 0.6 is 0 Å². The van der Waals surface area contributed by atoms with Crippen molar-refractivity contribution in [3.05, 3.63) is 65.7 Å². The molecule has 0 saturated heterocycles. The maximum atomic E-state index is 12.9. The van der Waals surface area contributed by atoms with E-state index in [2.05, 4.69) is 10.3 Å². The molecular weight excluding hydrogens is 259 g/mol. The number of pyridine rings is 1. The van der Waals surface area contributed by atoms with Crippen molar-refractivity contribution in [1.82, 2.24) is 10.3 Å². The summed E-state index contributed by atoms with van der Waals surface area (Å²) in [4.78, 5) is 15.8. The fourth-order valence-corrected chi connectivity index (χ4v) is 1.75. The van der Waals surface area contributed by atoms with Gasteiger partial charge >= 0.3 is 0 Å². The topological polar surface area (TPSA) is 62.2 Å². The van der Waals surface area contributed by atoms with Gasteiger partial charge in [0.05, 0.1) is 6.54 Å². The number of amides is 1. The van der Waals surface area contributed by atoms with Crippen LogP contribution in [0.1, 0.15) is 23.0 Å². The van der Waals surface area contributed by atoms with Crippen LogP contribution in [-0.2, 0) is 5.60 Å². The average Bonchev–Trinajstić information content (AvgIpc) is 2.46. The van der Waals surface area contributed by atoms with Crippen LogP contribution in [-0.4, -0.2) is 22.5 Å². The summed E-state index contributed by atoms with van der Waals surface area (Å²) in [5, 5.41) is 12.9. The molecule has 5 heteroatoms. The second-order valence-electron chi connectivity index (χ2n) is 4.68. The van der Waals surface area contributed by atoms with E-state index in [0.717, 1.165) is 0 Å². The lowest BCUT2D eigenvalue weighted by Crippen LogP contribution is -2.38. The van der Waals surface area contributed by atoms with Crippen LogP contribution in [0.2, 0.25) is 0 Å². The highest BCUT2D eigenvalue weighted by Gasteiger charge is 2.24. The average molecular weight is 274 g/mol. The number of benzene rings is 1. The van der Waals surface area contributed by atoms with Gasteiger partial charge in [0.15, 0.2) is 0 Å². The minimum Gasteiger partial charge on any atom is -0.384 e. The van der Waals surface area contributed by atoms with E-state index in [9.17, 15) is 14.3 Å². The molecule has 1 atom stereocenters. The van der Waals surface area contributed by atoms with E-state index in [1.54, 1.807) is 25.1 Å². The molecule has 20 heavy (non-hydrogen) atoms. The van der Waals surface area contributed by atoms with Crippen LogP contribution in [0, 0.1) is 5.82 Å². The molecule has 1 unspecified atom stereocenters. The van der Waals surface area contributed by atoms with Gasteiger partial charge in [-0.25, -0.2) is 4.39 Å². The molecule has 1 aromatic carbocycles. The van der Waals surface area contributed by atoms with E-state index in [-0.39, 0.29) is 24.0 Å². The van der Waals surface area contributed by atoms with Gasteiger partial charge in [0.2, 0.25) is 0 Å². The molecule has 0 aliphatic heterocycles. The number of hydrogen-bond donors (Lipinski definition) is 2. The molecule has 2 rings (SSSR count). The van der Waals surface area contributed by atoms with Gasteiger partial charge in [-0.15, -0.1) is 0 Å². The van der Waals surface area contributed by atoms with E-state index in [0.29, 0.717) is 5.56 Å². The molecule has 4 nitrogen and oxygen atoms in total. The summed E-state index contributed by atoms with van der Waals surface area (Å²) in [6, 6.07) is 10.5. The first-order chi connectivity index (χ1) is 9.49. The van der Waals surface area contributed by atoms with Gasteiger partial charge in [0.25, 0.3) is 5.91 Å². The Morgan fingerprint density at radius 3 is 2.60 bits per heavy atom. The highest BCUT2D eigenvalue weighted by atomic mass is 19.1. The van der Waals surface area contributed by atoms with Crippen molar-refractivity contribution in [2.24, 2.45) is 0 Å². The monoisotopic (exact) mass is 274 g/mol. The Bertz CT molecular complexity index is 583. The highest BCUT2D eigenvalue weighted by molar-refractivity contribution is 5.92. The maximum Gasteiger partial charge on any atom is 0.269 e. The molecule has 1 amide bonds. The summed E-state index contributed by atoms with van der Waals surface area (Å²) in [5.74, 6) is -0.741. The van der Waals surface area contributed by atoms with Gasteiger partial charge in [-0.3, -0.25) is 9.78 Å². The Morgan fingerprint density at radius 1 is 1.30 bits per heavy atom. The van der Waals surface area contributed by atoms with Crippen LogP contribution in [0.4, 0.5) is 4.39 Å². The zero-order valence-electron chi connectivity index (χ0n) is 11.0. The number of halogens is 1. The number of aromatic nitrogens is 1. The van der Waals surface area contributed by atoms with Gasteiger partial charge in [0, 0.05) is 6.20 Å². The maximum absolute atomic E-state index is 12.9. The summed E-state index contributed by atoms with van der Waals surface area (Å²) < 4.78 is 12.9. The predicted molar refractivity (Wildman–Crippen MR) is 72.5 cm³/mol. The lowest BCUT2D eigenvalue weighted by atomic mass is 9.96. The predicted octanol–water partition coefficient (Wildman–Crippen LogP) is 1.86. The number of nitrogens with zero attached hydrogens (tertiary/aromatic N) is 1. The molecule has 1 heterocycles. The van der Waals surface area contributed by atoms with Crippen LogP contribution in [0.3, 0.4) is 0 Å². The quantitative estimate of drug-likeness (QED) is 0.894. The summed E-state index contributed by atoms with van der Waals surface area (Å²) in [6.45, 7) is 1.56. The summed E-state index contributed by atoms with van der Waals surface area (Å²) in [5.41, 5.74) is -0.472. The lowest BCUT2D eigenvalue weighted by molar-refractivity contribution is 0.0524. The standard InChI is InChI=1S/C15H15FN2O2/c1-15(20,11-5-7-12(16)8-6-11)10-18-14(19)13-4-2-3-9-17-13/h2-9,20H,10H2,1H3,(H,18,19). The minimum absolute atomic E-state index is 0.00798. The third-order valence-corrected chi connectivity index (χ3v) is 2.96. The second-order valence-corrected chi connectivity index (χ2v) is 4.68. The van der Waals surface area contributed by atoms with Crippen molar-refractivity contribution in [2.75, 3.05) is 6.54 Å². The second kappa shape index (κ2) is 5.79. The zero-order valence-corrected chi connectivity index (χ0v) is 11.0. The fraction of sp³-hybridized carbons (Fsp3) is 0.200. The highest BCUT2D eigenvalue weighted by Crippen LogP contribution is 2.19. The molecule has 0 aliphatic carbocycles. The molecule has 0 fully saturated rings. The molecule has 0 bridgehead atoms. The van der Waals surface area contributed by atoms with Crippen molar-refractivity contribution >= 4 is 5.91 Å². The first kappa shape index (κ1) is 14.1. The molecule has 2 N–H and O–H groups in total. The van der Waals surface area contributed by atoms with E-state index in [1.807, 2.05) is 0 Å². The minimum atomic E-state index is -1.28. The molecule has 104 valence electrons. The lowest BCUT2D eigenvalue weighted by Gasteiger charge is -2.24. The van der Waals surface area contributed by atoms with Crippen molar-refractivity contribution in [3.63, 3.8) is 0 Å². The fourth-order valence-electron chi connectivity index (χ4n) is 1.75. The van der Waals surface area contributed by atoms with E-state index in [4.69, 9.17) is 0 Å². The first-order valence-corrected chi connectivity index (χ1v) is 6.17. The third kappa shape index (κ3) is 3.39. The van der Waals surface area contributed by atoms with Gasteiger partial charge in [-0.2, -0.15) is 0 Å². The van der Waals surface area contributed by atoms with Crippen molar-refractivity contribution in [3.8, 4) is 0 Å². The molecule has 0 saturated carbocycles. The Morgan fingerprint density at radius 2 is 2.00 bits per heavy atom. The number of carbonyl (C=O) groups is 1. The molecule has 0 aliphatic rings. The molecule has 0 spiro atoms. The largest absolute Gasteiger partial charge is 0.384 e. The van der Waals surface area contributed by atoms with Crippen molar-refractivity contribution in [2.45, 2.75) is 12.5 Å². The SMILES string of the molecule is CC(O)(CNC(=O)c1ccccn1)c1ccc(F)cc1. The van der Waals surface area contributed by atoms with E-state index in [1.165, 1.54) is 30.5 Å². The summed E-state index contributed by atoms with van der Waals surface area (Å²) >= 11 is 0. The Kier molecular flexibility index (Phi) is 4.10. The zero-order chi connectivity index (χ0) is 14.6. The number of nitrogens with one attached hydrogen (secondary N) is 1. The van der Waals surface area contributed by atoms with Crippen LogP contribution in [0.25, 0.3) is 0 Å². The van der Waals surface area contributed by atoms with E-state index < -0.39 is 5.60 Å². The van der Waals surface area contributed by atoms with Crippen LogP contribution in [0.5, 0.6) is 0 Å². The normalized spacial score (nSPS) is 13.6. The van der Waals surface area contributed by atoms with Gasteiger partial charge in [-0.1, -0.05) is 18.2 Å². The Hall–Kier alpha value is -2.27. The van der Waals surface area contributed by atoms with Crippen molar-refractivity contribution < 1.29 is 14.3 Å². The molecular formula is C15H15FN2O2.